The predicted octanol–water partition coefficient (Wildman–Crippen LogP) is 3.58. The Morgan fingerprint density at radius 1 is 1.04 bits per heavy atom. The van der Waals surface area contributed by atoms with Crippen LogP contribution in [0.15, 0.2) is 6.33 Å². The highest BCUT2D eigenvalue weighted by Crippen LogP contribution is 2.31. The highest BCUT2D eigenvalue weighted by Gasteiger charge is 2.29. The molecule has 1 amide bonds. The first-order chi connectivity index (χ1) is 12.3. The molecule has 2 saturated carbocycles. The molecular weight excluding hydrogens is 312 g/mol. The first kappa shape index (κ1) is 17.0. The third-order valence-electron chi connectivity index (χ3n) is 6.49. The summed E-state index contributed by atoms with van der Waals surface area (Å²) in [7, 11) is 0. The molecule has 2 heterocycles. The van der Waals surface area contributed by atoms with Crippen molar-refractivity contribution in [3.63, 3.8) is 0 Å². The number of hydrogen-bond acceptors (Lipinski definition) is 3. The largest absolute Gasteiger partial charge is 0.340 e. The molecule has 0 aromatic carbocycles. The summed E-state index contributed by atoms with van der Waals surface area (Å²) in [6, 6.07) is 0.419. The third kappa shape index (κ3) is 4.42. The minimum atomic E-state index is 0.397. The van der Waals surface area contributed by atoms with E-state index in [9.17, 15) is 4.79 Å². The summed E-state index contributed by atoms with van der Waals surface area (Å²) < 4.78 is 2.23. The standard InChI is InChI=1S/C20H32N4O/c25-20(12-9-16-4-1-2-5-16)24-13-3-6-18(24)10-11-19-22-21-15-23(19)14-17-7-8-17/h15-18H,1-14H2. The van der Waals surface area contributed by atoms with E-state index < -0.39 is 0 Å². The molecule has 1 unspecified atom stereocenters. The van der Waals surface area contributed by atoms with Crippen molar-refractivity contribution in [3.05, 3.63) is 12.2 Å². The second-order valence-corrected chi connectivity index (χ2v) is 8.45. The van der Waals surface area contributed by atoms with Gasteiger partial charge in [-0.15, -0.1) is 10.2 Å². The van der Waals surface area contributed by atoms with Crippen molar-refractivity contribution >= 4 is 5.91 Å². The van der Waals surface area contributed by atoms with Gasteiger partial charge >= 0.3 is 0 Å². The van der Waals surface area contributed by atoms with Gasteiger partial charge in [0.05, 0.1) is 0 Å². The molecule has 5 heteroatoms. The fourth-order valence-corrected chi connectivity index (χ4v) is 4.73. The van der Waals surface area contributed by atoms with Gasteiger partial charge in [-0.1, -0.05) is 25.7 Å². The molecule has 0 radical (unpaired) electrons. The van der Waals surface area contributed by atoms with E-state index in [1.54, 1.807) is 0 Å². The van der Waals surface area contributed by atoms with E-state index in [1.807, 2.05) is 6.33 Å². The van der Waals surface area contributed by atoms with Gasteiger partial charge in [-0.05, 0) is 50.4 Å². The molecule has 1 saturated heterocycles. The Labute approximate surface area is 151 Å². The average molecular weight is 345 g/mol. The lowest BCUT2D eigenvalue weighted by Gasteiger charge is -2.25. The normalized spacial score (nSPS) is 24.3. The van der Waals surface area contributed by atoms with Crippen LogP contribution < -0.4 is 0 Å². The van der Waals surface area contributed by atoms with Crippen LogP contribution in [-0.4, -0.2) is 38.2 Å². The summed E-state index contributed by atoms with van der Waals surface area (Å²) in [4.78, 5) is 14.9. The Morgan fingerprint density at radius 3 is 2.68 bits per heavy atom. The summed E-state index contributed by atoms with van der Waals surface area (Å²) in [5, 5.41) is 8.43. The minimum Gasteiger partial charge on any atom is -0.340 e. The Morgan fingerprint density at radius 2 is 1.88 bits per heavy atom. The van der Waals surface area contributed by atoms with E-state index in [2.05, 4.69) is 19.7 Å². The molecule has 5 nitrogen and oxygen atoms in total. The van der Waals surface area contributed by atoms with Crippen molar-refractivity contribution in [3.8, 4) is 0 Å². The molecule has 4 rings (SSSR count). The lowest BCUT2D eigenvalue weighted by molar-refractivity contribution is -0.132. The first-order valence-corrected chi connectivity index (χ1v) is 10.5. The summed E-state index contributed by atoms with van der Waals surface area (Å²) >= 11 is 0. The molecule has 138 valence electrons. The van der Waals surface area contributed by atoms with Gasteiger partial charge in [0.15, 0.2) is 0 Å². The Balaban J connectivity index is 1.26. The molecule has 0 N–H and O–H groups in total. The fraction of sp³-hybridized carbons (Fsp3) is 0.850. The summed E-state index contributed by atoms with van der Waals surface area (Å²) in [5.41, 5.74) is 0. The van der Waals surface area contributed by atoms with Crippen molar-refractivity contribution in [1.29, 1.82) is 0 Å². The van der Waals surface area contributed by atoms with E-state index in [0.717, 1.165) is 69.3 Å². The fourth-order valence-electron chi connectivity index (χ4n) is 4.73. The van der Waals surface area contributed by atoms with E-state index in [4.69, 9.17) is 0 Å². The number of carbonyl (C=O) groups is 1. The summed E-state index contributed by atoms with van der Waals surface area (Å²) in [6.07, 6.45) is 16.2. The summed E-state index contributed by atoms with van der Waals surface area (Å²) in [6.45, 7) is 2.04. The van der Waals surface area contributed by atoms with Crippen LogP contribution in [0, 0.1) is 11.8 Å². The van der Waals surface area contributed by atoms with Crippen molar-refractivity contribution < 1.29 is 4.79 Å². The van der Waals surface area contributed by atoms with E-state index in [0.29, 0.717) is 11.9 Å². The van der Waals surface area contributed by atoms with E-state index >= 15 is 0 Å². The van der Waals surface area contributed by atoms with Crippen LogP contribution in [0.25, 0.3) is 0 Å². The Kier molecular flexibility index (Phi) is 5.37. The molecule has 0 bridgehead atoms. The van der Waals surface area contributed by atoms with E-state index in [-0.39, 0.29) is 0 Å². The van der Waals surface area contributed by atoms with E-state index in [1.165, 1.54) is 38.5 Å². The Hall–Kier alpha value is -1.39. The lowest BCUT2D eigenvalue weighted by atomic mass is 10.0. The maximum Gasteiger partial charge on any atom is 0.222 e. The molecule has 3 aliphatic rings. The molecule has 25 heavy (non-hydrogen) atoms. The molecule has 1 aromatic heterocycles. The van der Waals surface area contributed by atoms with Crippen LogP contribution in [0.3, 0.4) is 0 Å². The van der Waals surface area contributed by atoms with Crippen LogP contribution in [0.5, 0.6) is 0 Å². The van der Waals surface area contributed by atoms with Gasteiger partial charge in [0, 0.05) is 32.0 Å². The topological polar surface area (TPSA) is 51.0 Å². The molecular formula is C20H32N4O. The maximum atomic E-state index is 12.7. The molecule has 1 atom stereocenters. The van der Waals surface area contributed by atoms with Gasteiger partial charge in [-0.25, -0.2) is 0 Å². The van der Waals surface area contributed by atoms with Crippen LogP contribution in [-0.2, 0) is 17.8 Å². The minimum absolute atomic E-state index is 0.397. The lowest BCUT2D eigenvalue weighted by Crippen LogP contribution is -2.36. The number of rotatable bonds is 8. The van der Waals surface area contributed by atoms with Crippen LogP contribution >= 0.6 is 0 Å². The van der Waals surface area contributed by atoms with Crippen molar-refractivity contribution in [2.45, 2.75) is 89.6 Å². The number of amides is 1. The smallest absolute Gasteiger partial charge is 0.222 e. The highest BCUT2D eigenvalue weighted by molar-refractivity contribution is 5.76. The third-order valence-corrected chi connectivity index (χ3v) is 6.49. The molecule has 2 aliphatic carbocycles. The predicted molar refractivity (Wildman–Crippen MR) is 97.0 cm³/mol. The molecule has 0 spiro atoms. The maximum absolute atomic E-state index is 12.7. The molecule has 3 fully saturated rings. The SMILES string of the molecule is O=C(CCC1CCCC1)N1CCCC1CCc1nncn1CC1CC1. The van der Waals surface area contributed by atoms with Crippen LogP contribution in [0.2, 0.25) is 0 Å². The average Bonchev–Trinajstić information content (AvgIpc) is 3.04. The van der Waals surface area contributed by atoms with Gasteiger partial charge in [0.25, 0.3) is 0 Å². The highest BCUT2D eigenvalue weighted by atomic mass is 16.2. The molecule has 1 aromatic rings. The van der Waals surface area contributed by atoms with Gasteiger partial charge in [-0.3, -0.25) is 4.79 Å². The van der Waals surface area contributed by atoms with Gasteiger partial charge < -0.3 is 9.47 Å². The number of aromatic nitrogens is 3. The monoisotopic (exact) mass is 344 g/mol. The number of nitrogens with zero attached hydrogens (tertiary/aromatic N) is 4. The second kappa shape index (κ2) is 7.88. The summed E-state index contributed by atoms with van der Waals surface area (Å²) in [5.74, 6) is 3.16. The number of likely N-dealkylation sites (tertiary alicyclic amines) is 1. The van der Waals surface area contributed by atoms with Crippen LogP contribution in [0.1, 0.15) is 76.5 Å². The zero-order chi connectivity index (χ0) is 17.1. The first-order valence-electron chi connectivity index (χ1n) is 10.5. The van der Waals surface area contributed by atoms with Gasteiger partial charge in [0.1, 0.15) is 12.2 Å². The van der Waals surface area contributed by atoms with Crippen molar-refractivity contribution in [2.75, 3.05) is 6.54 Å². The zero-order valence-electron chi connectivity index (χ0n) is 15.4. The second-order valence-electron chi connectivity index (χ2n) is 8.45. The van der Waals surface area contributed by atoms with Crippen LogP contribution in [0.4, 0.5) is 0 Å². The van der Waals surface area contributed by atoms with Gasteiger partial charge in [-0.2, -0.15) is 0 Å². The van der Waals surface area contributed by atoms with Crippen molar-refractivity contribution in [2.24, 2.45) is 11.8 Å². The zero-order valence-corrected chi connectivity index (χ0v) is 15.4. The Bertz CT molecular complexity index is 574. The molecule has 1 aliphatic heterocycles. The van der Waals surface area contributed by atoms with Gasteiger partial charge in [0.2, 0.25) is 5.91 Å². The number of carbonyl (C=O) groups excluding carboxylic acids is 1. The van der Waals surface area contributed by atoms with Crippen molar-refractivity contribution in [1.82, 2.24) is 19.7 Å². The quantitative estimate of drug-likeness (QED) is 0.724. The number of hydrogen-bond donors (Lipinski definition) is 0. The number of aryl methyl sites for hydroxylation is 1.